The molecule has 158 valence electrons. The number of hydrazine groups is 1. The molecule has 2 heterocycles. The zero-order chi connectivity index (χ0) is 22.2. The number of aryl methyl sites for hydroxylation is 1. The van der Waals surface area contributed by atoms with Crippen LogP contribution in [0.15, 0.2) is 89.2 Å². The number of amides is 1. The fourth-order valence-electron chi connectivity index (χ4n) is 4.08. The molecule has 5 rings (SSSR count). The second-order valence-corrected chi connectivity index (χ2v) is 7.76. The van der Waals surface area contributed by atoms with Crippen LogP contribution in [0.3, 0.4) is 0 Å². The topological polar surface area (TPSA) is 85.4 Å². The molecular formula is C26H21N3O3. The zero-order valence-corrected chi connectivity index (χ0v) is 17.4. The van der Waals surface area contributed by atoms with Gasteiger partial charge < -0.3 is 10.1 Å². The van der Waals surface area contributed by atoms with Crippen molar-refractivity contribution in [2.75, 3.05) is 5.01 Å². The molecule has 0 aliphatic carbocycles. The summed E-state index contributed by atoms with van der Waals surface area (Å²) in [5, 5.41) is 12.9. The van der Waals surface area contributed by atoms with Gasteiger partial charge in [0.1, 0.15) is 5.75 Å². The maximum Gasteiger partial charge on any atom is 0.270 e. The van der Waals surface area contributed by atoms with E-state index in [2.05, 4.69) is 10.4 Å². The van der Waals surface area contributed by atoms with Gasteiger partial charge in [-0.25, -0.2) is 10.4 Å². The SMILES string of the molecule is Cc1cccc2c(O)c(/C=C3\C(=O)N(c4ccccc4)NC3c3ccccc3)c(=O)[nH]c12. The van der Waals surface area contributed by atoms with Crippen molar-refractivity contribution in [1.82, 2.24) is 10.4 Å². The standard InChI is InChI=1S/C26H21N3O3/c1-16-9-8-14-19-22(16)27-25(31)21(24(19)30)15-20-23(17-10-4-2-5-11-17)28-29(26(20)32)18-12-6-3-7-13-18/h2-15,23,28H,1H3,(H2,27,30,31)/b20-15-. The first kappa shape index (κ1) is 19.8. The highest BCUT2D eigenvalue weighted by Gasteiger charge is 2.37. The van der Waals surface area contributed by atoms with Gasteiger partial charge in [0, 0.05) is 11.0 Å². The van der Waals surface area contributed by atoms with Crippen molar-refractivity contribution in [1.29, 1.82) is 0 Å². The van der Waals surface area contributed by atoms with Gasteiger partial charge in [-0.15, -0.1) is 0 Å². The van der Waals surface area contributed by atoms with Crippen molar-refractivity contribution < 1.29 is 9.90 Å². The van der Waals surface area contributed by atoms with E-state index in [0.29, 0.717) is 22.2 Å². The lowest BCUT2D eigenvalue weighted by Crippen LogP contribution is -2.35. The first-order chi connectivity index (χ1) is 15.5. The Kier molecular flexibility index (Phi) is 4.84. The third-order valence-corrected chi connectivity index (χ3v) is 5.73. The van der Waals surface area contributed by atoms with Gasteiger partial charge in [0.05, 0.1) is 22.8 Å². The summed E-state index contributed by atoms with van der Waals surface area (Å²) in [6.07, 6.45) is 1.49. The minimum atomic E-state index is -0.476. The number of hydrogen-bond donors (Lipinski definition) is 3. The van der Waals surface area contributed by atoms with Crippen LogP contribution in [0, 0.1) is 6.92 Å². The van der Waals surface area contributed by atoms with Crippen molar-refractivity contribution >= 4 is 28.6 Å². The summed E-state index contributed by atoms with van der Waals surface area (Å²) in [5.41, 5.74) is 6.22. The molecule has 1 unspecified atom stereocenters. The molecule has 0 radical (unpaired) electrons. The number of fused-ring (bicyclic) bond motifs is 1. The minimum Gasteiger partial charge on any atom is -0.506 e. The molecule has 32 heavy (non-hydrogen) atoms. The maximum atomic E-state index is 13.4. The second-order valence-electron chi connectivity index (χ2n) is 7.76. The van der Waals surface area contributed by atoms with Crippen molar-refractivity contribution in [3.8, 4) is 5.75 Å². The number of aromatic hydroxyl groups is 1. The van der Waals surface area contributed by atoms with E-state index < -0.39 is 11.6 Å². The molecule has 1 aliphatic heterocycles. The van der Waals surface area contributed by atoms with Gasteiger partial charge in [0.2, 0.25) is 0 Å². The maximum absolute atomic E-state index is 13.4. The average Bonchev–Trinajstić information content (AvgIpc) is 3.14. The van der Waals surface area contributed by atoms with E-state index >= 15 is 0 Å². The zero-order valence-electron chi connectivity index (χ0n) is 17.4. The molecule has 3 aromatic carbocycles. The van der Waals surface area contributed by atoms with Crippen LogP contribution in [0.4, 0.5) is 5.69 Å². The Bertz CT molecular complexity index is 1410. The molecule has 0 saturated carbocycles. The molecule has 6 heteroatoms. The Hall–Kier alpha value is -4.16. The van der Waals surface area contributed by atoms with E-state index in [-0.39, 0.29) is 17.2 Å². The van der Waals surface area contributed by atoms with Gasteiger partial charge >= 0.3 is 0 Å². The molecule has 6 nitrogen and oxygen atoms in total. The van der Waals surface area contributed by atoms with Gasteiger partial charge in [-0.05, 0) is 42.3 Å². The number of nitrogens with zero attached hydrogens (tertiary/aromatic N) is 1. The lowest BCUT2D eigenvalue weighted by molar-refractivity contribution is -0.114. The molecule has 1 amide bonds. The number of para-hydroxylation sites is 2. The smallest absolute Gasteiger partial charge is 0.270 e. The number of aromatic nitrogens is 1. The molecule has 1 atom stereocenters. The molecule has 1 aliphatic rings. The first-order valence-electron chi connectivity index (χ1n) is 10.3. The third kappa shape index (κ3) is 3.27. The molecular weight excluding hydrogens is 402 g/mol. The molecule has 1 aromatic heterocycles. The largest absolute Gasteiger partial charge is 0.506 e. The number of pyridine rings is 1. The molecule has 0 spiro atoms. The summed E-state index contributed by atoms with van der Waals surface area (Å²) < 4.78 is 0. The number of nitrogens with one attached hydrogen (secondary N) is 2. The van der Waals surface area contributed by atoms with E-state index in [4.69, 9.17) is 0 Å². The van der Waals surface area contributed by atoms with Crippen LogP contribution < -0.4 is 16.0 Å². The normalized spacial score (nSPS) is 17.4. The summed E-state index contributed by atoms with van der Waals surface area (Å²) in [5.74, 6) is -0.425. The Balaban J connectivity index is 1.69. The van der Waals surface area contributed by atoms with E-state index in [1.807, 2.05) is 79.7 Å². The molecule has 1 saturated heterocycles. The molecule has 3 N–H and O–H groups in total. The third-order valence-electron chi connectivity index (χ3n) is 5.73. The van der Waals surface area contributed by atoms with Gasteiger partial charge in [0.15, 0.2) is 0 Å². The lowest BCUT2D eigenvalue weighted by atomic mass is 9.97. The quantitative estimate of drug-likeness (QED) is 0.431. The predicted octanol–water partition coefficient (Wildman–Crippen LogP) is 4.22. The van der Waals surface area contributed by atoms with Crippen molar-refractivity contribution in [2.45, 2.75) is 13.0 Å². The monoisotopic (exact) mass is 423 g/mol. The summed E-state index contributed by atoms with van der Waals surface area (Å²) in [7, 11) is 0. The Labute approximate surface area is 184 Å². The van der Waals surface area contributed by atoms with Crippen molar-refractivity contribution in [3.05, 3.63) is 111 Å². The highest BCUT2D eigenvalue weighted by molar-refractivity contribution is 6.11. The van der Waals surface area contributed by atoms with Crippen molar-refractivity contribution in [3.63, 3.8) is 0 Å². The summed E-state index contributed by atoms with van der Waals surface area (Å²) >= 11 is 0. The molecule has 1 fully saturated rings. The lowest BCUT2D eigenvalue weighted by Gasteiger charge is -2.17. The number of carbonyl (C=O) groups excluding carboxylic acids is 1. The van der Waals surface area contributed by atoms with E-state index in [1.165, 1.54) is 11.1 Å². The van der Waals surface area contributed by atoms with Crippen molar-refractivity contribution in [2.24, 2.45) is 0 Å². The first-order valence-corrected chi connectivity index (χ1v) is 10.3. The highest BCUT2D eigenvalue weighted by Crippen LogP contribution is 2.35. The number of carbonyl (C=O) groups is 1. The van der Waals surface area contributed by atoms with Gasteiger partial charge in [0.25, 0.3) is 11.5 Å². The van der Waals surface area contributed by atoms with Crippen LogP contribution in [0.1, 0.15) is 22.7 Å². The molecule has 0 bridgehead atoms. The van der Waals surface area contributed by atoms with E-state index in [1.54, 1.807) is 6.07 Å². The van der Waals surface area contributed by atoms with Crippen LogP contribution in [0.5, 0.6) is 5.75 Å². The fraction of sp³-hybridized carbons (Fsp3) is 0.0769. The Morgan fingerprint density at radius 3 is 2.31 bits per heavy atom. The van der Waals surface area contributed by atoms with Crippen LogP contribution in [-0.2, 0) is 4.79 Å². The number of anilines is 1. The van der Waals surface area contributed by atoms with Gasteiger partial charge in [-0.2, -0.15) is 0 Å². The average molecular weight is 423 g/mol. The molecule has 4 aromatic rings. The number of benzene rings is 3. The summed E-state index contributed by atoms with van der Waals surface area (Å²) in [6.45, 7) is 1.86. The Morgan fingerprint density at radius 1 is 0.906 bits per heavy atom. The summed E-state index contributed by atoms with van der Waals surface area (Å²) in [6, 6.07) is 23.7. The van der Waals surface area contributed by atoms with Gasteiger partial charge in [-0.3, -0.25) is 9.59 Å². The highest BCUT2D eigenvalue weighted by atomic mass is 16.3. The van der Waals surface area contributed by atoms with Crippen LogP contribution in [0.25, 0.3) is 17.0 Å². The predicted molar refractivity (Wildman–Crippen MR) is 125 cm³/mol. The number of H-pyrrole nitrogens is 1. The van der Waals surface area contributed by atoms with Crippen LogP contribution in [-0.4, -0.2) is 16.0 Å². The van der Waals surface area contributed by atoms with E-state index in [9.17, 15) is 14.7 Å². The van der Waals surface area contributed by atoms with Crippen LogP contribution >= 0.6 is 0 Å². The number of rotatable bonds is 3. The number of aromatic amines is 1. The Morgan fingerprint density at radius 2 is 1.59 bits per heavy atom. The van der Waals surface area contributed by atoms with E-state index in [0.717, 1.165) is 11.1 Å². The summed E-state index contributed by atoms with van der Waals surface area (Å²) in [4.78, 5) is 29.2. The minimum absolute atomic E-state index is 0.0593. The fourth-order valence-corrected chi connectivity index (χ4v) is 4.08. The van der Waals surface area contributed by atoms with Gasteiger partial charge in [-0.1, -0.05) is 60.7 Å². The van der Waals surface area contributed by atoms with Crippen LogP contribution in [0.2, 0.25) is 0 Å². The number of hydrogen-bond acceptors (Lipinski definition) is 4. The second kappa shape index (κ2) is 7.83.